The third kappa shape index (κ3) is 3.58. The van der Waals surface area contributed by atoms with Gasteiger partial charge in [0.25, 0.3) is 0 Å². The number of pyridine rings is 1. The van der Waals surface area contributed by atoms with E-state index in [2.05, 4.69) is 31.7 Å². The molecule has 0 atom stereocenters. The zero-order valence-corrected chi connectivity index (χ0v) is 13.6. The Labute approximate surface area is 140 Å². The van der Waals surface area contributed by atoms with Crippen LogP contribution in [0, 0.1) is 11.3 Å². The molecule has 0 aliphatic rings. The Hall–Kier alpha value is -3.20. The fourth-order valence-corrected chi connectivity index (χ4v) is 2.30. The molecule has 24 heavy (non-hydrogen) atoms. The van der Waals surface area contributed by atoms with Gasteiger partial charge in [0.1, 0.15) is 5.82 Å². The molecule has 0 saturated carbocycles. The Morgan fingerprint density at radius 3 is 2.62 bits per heavy atom. The molecule has 0 aliphatic heterocycles. The first-order valence-corrected chi connectivity index (χ1v) is 7.78. The van der Waals surface area contributed by atoms with E-state index in [9.17, 15) is 0 Å². The number of nitriles is 1. The SMILES string of the molecule is CC(C)Nc1nc(NCc2ccc(C#N)cc2)c2cccnc2n1. The van der Waals surface area contributed by atoms with Gasteiger partial charge in [-0.1, -0.05) is 12.1 Å². The lowest BCUT2D eigenvalue weighted by Gasteiger charge is -2.13. The van der Waals surface area contributed by atoms with E-state index in [1.807, 2.05) is 50.2 Å². The van der Waals surface area contributed by atoms with E-state index in [1.165, 1.54) is 0 Å². The minimum absolute atomic E-state index is 0.234. The van der Waals surface area contributed by atoms with Gasteiger partial charge in [-0.2, -0.15) is 15.2 Å². The van der Waals surface area contributed by atoms with Crippen molar-refractivity contribution in [1.29, 1.82) is 5.26 Å². The largest absolute Gasteiger partial charge is 0.365 e. The first-order valence-electron chi connectivity index (χ1n) is 7.78. The summed E-state index contributed by atoms with van der Waals surface area (Å²) in [6, 6.07) is 13.6. The molecule has 6 heteroatoms. The summed E-state index contributed by atoms with van der Waals surface area (Å²) in [5.74, 6) is 1.29. The lowest BCUT2D eigenvalue weighted by Crippen LogP contribution is -2.14. The second kappa shape index (κ2) is 6.92. The van der Waals surface area contributed by atoms with Crippen LogP contribution < -0.4 is 10.6 Å². The van der Waals surface area contributed by atoms with Crippen LogP contribution in [-0.4, -0.2) is 21.0 Å². The summed E-state index contributed by atoms with van der Waals surface area (Å²) in [4.78, 5) is 13.3. The molecule has 0 saturated heterocycles. The van der Waals surface area contributed by atoms with Crippen molar-refractivity contribution in [2.45, 2.75) is 26.4 Å². The van der Waals surface area contributed by atoms with Crippen LogP contribution in [0.25, 0.3) is 11.0 Å². The number of fused-ring (bicyclic) bond motifs is 1. The van der Waals surface area contributed by atoms with Crippen molar-refractivity contribution in [3.05, 3.63) is 53.7 Å². The van der Waals surface area contributed by atoms with E-state index in [1.54, 1.807) is 6.20 Å². The number of hydrogen-bond acceptors (Lipinski definition) is 6. The summed E-state index contributed by atoms with van der Waals surface area (Å²) in [5.41, 5.74) is 2.37. The normalized spacial score (nSPS) is 10.6. The maximum absolute atomic E-state index is 8.86. The average Bonchev–Trinajstić information content (AvgIpc) is 2.59. The highest BCUT2D eigenvalue weighted by Crippen LogP contribution is 2.21. The van der Waals surface area contributed by atoms with Crippen LogP contribution in [0.2, 0.25) is 0 Å². The van der Waals surface area contributed by atoms with E-state index in [-0.39, 0.29) is 6.04 Å². The van der Waals surface area contributed by atoms with E-state index < -0.39 is 0 Å². The van der Waals surface area contributed by atoms with Gasteiger partial charge in [-0.05, 0) is 43.7 Å². The van der Waals surface area contributed by atoms with Gasteiger partial charge < -0.3 is 10.6 Å². The van der Waals surface area contributed by atoms with Gasteiger partial charge >= 0.3 is 0 Å². The molecule has 0 spiro atoms. The Balaban J connectivity index is 1.87. The van der Waals surface area contributed by atoms with Crippen LogP contribution in [-0.2, 0) is 6.54 Å². The highest BCUT2D eigenvalue weighted by Gasteiger charge is 2.09. The van der Waals surface area contributed by atoms with E-state index >= 15 is 0 Å². The number of rotatable bonds is 5. The standard InChI is InChI=1S/C18H18N6/c1-12(2)22-18-23-16-15(4-3-9-20-16)17(24-18)21-11-14-7-5-13(10-19)6-8-14/h3-9,12H,11H2,1-2H3,(H2,20,21,22,23,24). The molecular formula is C18H18N6. The highest BCUT2D eigenvalue weighted by molar-refractivity contribution is 5.87. The molecule has 0 radical (unpaired) electrons. The fraction of sp³-hybridized carbons (Fsp3) is 0.222. The van der Waals surface area contributed by atoms with Crippen LogP contribution in [0.3, 0.4) is 0 Å². The van der Waals surface area contributed by atoms with Gasteiger partial charge in [0.05, 0.1) is 17.0 Å². The van der Waals surface area contributed by atoms with Crippen molar-refractivity contribution in [2.24, 2.45) is 0 Å². The monoisotopic (exact) mass is 318 g/mol. The summed E-state index contributed by atoms with van der Waals surface area (Å²) in [5, 5.41) is 16.3. The van der Waals surface area contributed by atoms with Crippen LogP contribution in [0.1, 0.15) is 25.0 Å². The number of aromatic nitrogens is 3. The predicted octanol–water partition coefficient (Wildman–Crippen LogP) is 3.33. The Bertz CT molecular complexity index is 880. The third-order valence-corrected chi connectivity index (χ3v) is 3.43. The van der Waals surface area contributed by atoms with E-state index in [4.69, 9.17) is 5.26 Å². The minimum Gasteiger partial charge on any atom is -0.365 e. The first kappa shape index (κ1) is 15.7. The maximum Gasteiger partial charge on any atom is 0.226 e. The van der Waals surface area contributed by atoms with Crippen LogP contribution >= 0.6 is 0 Å². The number of hydrogen-bond donors (Lipinski definition) is 2. The quantitative estimate of drug-likeness (QED) is 0.750. The Morgan fingerprint density at radius 2 is 1.92 bits per heavy atom. The summed E-state index contributed by atoms with van der Waals surface area (Å²) in [7, 11) is 0. The highest BCUT2D eigenvalue weighted by atomic mass is 15.2. The second-order valence-electron chi connectivity index (χ2n) is 5.73. The molecule has 2 heterocycles. The maximum atomic E-state index is 8.86. The molecular weight excluding hydrogens is 300 g/mol. The fourth-order valence-electron chi connectivity index (χ4n) is 2.30. The van der Waals surface area contributed by atoms with Crippen LogP contribution in [0.15, 0.2) is 42.6 Å². The average molecular weight is 318 g/mol. The number of anilines is 2. The molecule has 0 fully saturated rings. The third-order valence-electron chi connectivity index (χ3n) is 3.43. The molecule has 6 nitrogen and oxygen atoms in total. The second-order valence-corrected chi connectivity index (χ2v) is 5.73. The first-order chi connectivity index (χ1) is 11.7. The summed E-state index contributed by atoms with van der Waals surface area (Å²) in [6.45, 7) is 4.68. The lowest BCUT2D eigenvalue weighted by molar-refractivity contribution is 0.876. The van der Waals surface area contributed by atoms with E-state index in [0.717, 1.165) is 16.8 Å². The molecule has 0 bridgehead atoms. The molecule has 3 aromatic rings. The minimum atomic E-state index is 0.234. The molecule has 0 unspecified atom stereocenters. The number of benzene rings is 1. The van der Waals surface area contributed by atoms with E-state index in [0.29, 0.717) is 23.7 Å². The number of nitrogens with one attached hydrogen (secondary N) is 2. The summed E-state index contributed by atoms with van der Waals surface area (Å²) in [6.07, 6.45) is 1.72. The Kier molecular flexibility index (Phi) is 4.52. The van der Waals surface area contributed by atoms with Crippen molar-refractivity contribution < 1.29 is 0 Å². The predicted molar refractivity (Wildman–Crippen MR) is 94.6 cm³/mol. The van der Waals surface area contributed by atoms with Gasteiger partial charge in [-0.15, -0.1) is 0 Å². The van der Waals surface area contributed by atoms with Crippen molar-refractivity contribution in [1.82, 2.24) is 15.0 Å². The van der Waals surface area contributed by atoms with Gasteiger partial charge in [0, 0.05) is 18.8 Å². The smallest absolute Gasteiger partial charge is 0.226 e. The zero-order valence-electron chi connectivity index (χ0n) is 13.6. The van der Waals surface area contributed by atoms with Gasteiger partial charge in [0.2, 0.25) is 5.95 Å². The van der Waals surface area contributed by atoms with Crippen molar-refractivity contribution >= 4 is 22.8 Å². The van der Waals surface area contributed by atoms with Gasteiger partial charge in [0.15, 0.2) is 5.65 Å². The van der Waals surface area contributed by atoms with Crippen LogP contribution in [0.4, 0.5) is 11.8 Å². The molecule has 120 valence electrons. The van der Waals surface area contributed by atoms with Crippen molar-refractivity contribution in [3.8, 4) is 6.07 Å². The topological polar surface area (TPSA) is 86.5 Å². The van der Waals surface area contributed by atoms with Crippen molar-refractivity contribution in [3.63, 3.8) is 0 Å². The Morgan fingerprint density at radius 1 is 1.12 bits per heavy atom. The lowest BCUT2D eigenvalue weighted by atomic mass is 10.1. The molecule has 0 aliphatic carbocycles. The van der Waals surface area contributed by atoms with Gasteiger partial charge in [-0.3, -0.25) is 0 Å². The molecule has 3 rings (SSSR count). The molecule has 0 amide bonds. The summed E-state index contributed by atoms with van der Waals surface area (Å²) < 4.78 is 0. The zero-order chi connectivity index (χ0) is 16.9. The molecule has 1 aromatic carbocycles. The number of nitrogens with zero attached hydrogens (tertiary/aromatic N) is 4. The summed E-state index contributed by atoms with van der Waals surface area (Å²) >= 11 is 0. The molecule has 2 N–H and O–H groups in total. The molecule has 2 aromatic heterocycles. The van der Waals surface area contributed by atoms with Gasteiger partial charge in [-0.25, -0.2) is 4.98 Å². The van der Waals surface area contributed by atoms with Crippen LogP contribution in [0.5, 0.6) is 0 Å². The van der Waals surface area contributed by atoms with Crippen molar-refractivity contribution in [2.75, 3.05) is 10.6 Å².